The van der Waals surface area contributed by atoms with Crippen LogP contribution in [0.5, 0.6) is 0 Å². The highest BCUT2D eigenvalue weighted by Gasteiger charge is 2.30. The molecule has 2 heterocycles. The van der Waals surface area contributed by atoms with E-state index in [4.69, 9.17) is 0 Å². The van der Waals surface area contributed by atoms with Gasteiger partial charge in [0.05, 0.1) is 5.92 Å². The Labute approximate surface area is 79.7 Å². The third kappa shape index (κ3) is 1.85. The lowest BCUT2D eigenvalue weighted by molar-refractivity contribution is -0.140. The normalized spacial score (nSPS) is 29.9. The zero-order chi connectivity index (χ0) is 9.26. The number of hydrogen-bond donors (Lipinski definition) is 0. The molecule has 2 aliphatic rings. The van der Waals surface area contributed by atoms with Crippen molar-refractivity contribution in [1.82, 2.24) is 9.80 Å². The highest BCUT2D eigenvalue weighted by atomic mass is 16.2. The van der Waals surface area contributed by atoms with E-state index in [0.717, 1.165) is 32.6 Å². The Kier molecular flexibility index (Phi) is 2.54. The van der Waals surface area contributed by atoms with Crippen molar-refractivity contribution in [3.8, 4) is 0 Å². The molecule has 2 saturated heterocycles. The van der Waals surface area contributed by atoms with Gasteiger partial charge in [0.2, 0.25) is 5.91 Å². The van der Waals surface area contributed by atoms with E-state index in [9.17, 15) is 4.79 Å². The first kappa shape index (κ1) is 9.00. The van der Waals surface area contributed by atoms with Crippen LogP contribution < -0.4 is 0 Å². The molecule has 74 valence electrons. The van der Waals surface area contributed by atoms with Crippen molar-refractivity contribution in [2.75, 3.05) is 33.2 Å². The molecule has 3 heteroatoms. The third-order valence-corrected chi connectivity index (χ3v) is 3.14. The molecule has 0 aliphatic carbocycles. The lowest BCUT2D eigenvalue weighted by Crippen LogP contribution is -2.49. The molecule has 0 spiro atoms. The fourth-order valence-corrected chi connectivity index (χ4v) is 2.16. The monoisotopic (exact) mass is 182 g/mol. The van der Waals surface area contributed by atoms with E-state index in [-0.39, 0.29) is 0 Å². The van der Waals surface area contributed by atoms with Crippen molar-refractivity contribution in [3.63, 3.8) is 0 Å². The molecule has 0 radical (unpaired) electrons. The number of amides is 1. The Morgan fingerprint density at radius 3 is 2.54 bits per heavy atom. The molecule has 2 aliphatic heterocycles. The molecule has 0 bridgehead atoms. The Hall–Kier alpha value is -0.570. The second-order valence-electron chi connectivity index (χ2n) is 4.28. The Morgan fingerprint density at radius 2 is 2.00 bits per heavy atom. The fourth-order valence-electron chi connectivity index (χ4n) is 2.16. The highest BCUT2D eigenvalue weighted by molar-refractivity contribution is 5.79. The molecular formula is C10H18N2O. The van der Waals surface area contributed by atoms with Crippen LogP contribution in [0.25, 0.3) is 0 Å². The predicted octanol–water partition coefficient (Wildman–Crippen LogP) is 0.560. The van der Waals surface area contributed by atoms with Crippen LogP contribution in [-0.4, -0.2) is 48.9 Å². The average molecular weight is 182 g/mol. The van der Waals surface area contributed by atoms with Crippen LogP contribution in [0.4, 0.5) is 0 Å². The van der Waals surface area contributed by atoms with Gasteiger partial charge in [-0.05, 0) is 32.9 Å². The second kappa shape index (κ2) is 3.66. The molecule has 2 rings (SSSR count). The highest BCUT2D eigenvalue weighted by Crippen LogP contribution is 2.20. The van der Waals surface area contributed by atoms with Gasteiger partial charge in [0.25, 0.3) is 0 Å². The van der Waals surface area contributed by atoms with Gasteiger partial charge >= 0.3 is 0 Å². The standard InChI is InChI=1S/C10H18N2O/c1-11-5-2-4-9(8-11)10(13)12-6-3-7-12/h9H,2-8H2,1H3. The van der Waals surface area contributed by atoms with Crippen molar-refractivity contribution in [2.24, 2.45) is 5.92 Å². The lowest BCUT2D eigenvalue weighted by atomic mass is 9.96. The number of likely N-dealkylation sites (tertiary alicyclic amines) is 2. The summed E-state index contributed by atoms with van der Waals surface area (Å²) in [5.74, 6) is 0.692. The van der Waals surface area contributed by atoms with Crippen LogP contribution in [0.2, 0.25) is 0 Å². The minimum Gasteiger partial charge on any atom is -0.342 e. The average Bonchev–Trinajstić information content (AvgIpc) is 2.01. The van der Waals surface area contributed by atoms with E-state index >= 15 is 0 Å². The quantitative estimate of drug-likeness (QED) is 0.591. The zero-order valence-corrected chi connectivity index (χ0v) is 8.33. The molecule has 1 amide bonds. The maximum absolute atomic E-state index is 11.8. The Morgan fingerprint density at radius 1 is 1.23 bits per heavy atom. The molecule has 0 aromatic heterocycles. The van der Waals surface area contributed by atoms with Crippen LogP contribution in [-0.2, 0) is 4.79 Å². The van der Waals surface area contributed by atoms with Crippen LogP contribution >= 0.6 is 0 Å². The molecular weight excluding hydrogens is 164 g/mol. The molecule has 0 saturated carbocycles. The Bertz CT molecular complexity index is 201. The smallest absolute Gasteiger partial charge is 0.226 e. The van der Waals surface area contributed by atoms with Gasteiger partial charge in [0.1, 0.15) is 0 Å². The summed E-state index contributed by atoms with van der Waals surface area (Å²) in [6.07, 6.45) is 3.48. The molecule has 1 atom stereocenters. The summed E-state index contributed by atoms with van der Waals surface area (Å²) >= 11 is 0. The van der Waals surface area contributed by atoms with E-state index in [0.29, 0.717) is 11.8 Å². The van der Waals surface area contributed by atoms with Crippen molar-refractivity contribution in [3.05, 3.63) is 0 Å². The van der Waals surface area contributed by atoms with Gasteiger partial charge in [-0.15, -0.1) is 0 Å². The van der Waals surface area contributed by atoms with Crippen LogP contribution in [0.15, 0.2) is 0 Å². The number of piperidine rings is 1. The summed E-state index contributed by atoms with van der Waals surface area (Å²) in [7, 11) is 2.11. The summed E-state index contributed by atoms with van der Waals surface area (Å²) in [6, 6.07) is 0. The van der Waals surface area contributed by atoms with Crippen molar-refractivity contribution in [2.45, 2.75) is 19.3 Å². The lowest BCUT2D eigenvalue weighted by Gasteiger charge is -2.37. The Balaban J connectivity index is 1.87. The minimum absolute atomic E-state index is 0.291. The number of hydrogen-bond acceptors (Lipinski definition) is 2. The maximum atomic E-state index is 11.8. The molecule has 0 aromatic carbocycles. The maximum Gasteiger partial charge on any atom is 0.226 e. The van der Waals surface area contributed by atoms with Gasteiger partial charge < -0.3 is 9.80 Å². The number of nitrogens with zero attached hydrogens (tertiary/aromatic N) is 2. The minimum atomic E-state index is 0.291. The van der Waals surface area contributed by atoms with Gasteiger partial charge in [-0.2, -0.15) is 0 Å². The first-order chi connectivity index (χ1) is 6.27. The first-order valence-electron chi connectivity index (χ1n) is 5.25. The molecule has 2 fully saturated rings. The third-order valence-electron chi connectivity index (χ3n) is 3.14. The fraction of sp³-hybridized carbons (Fsp3) is 0.900. The number of rotatable bonds is 1. The largest absolute Gasteiger partial charge is 0.342 e. The SMILES string of the molecule is CN1CCCC(C(=O)N2CCC2)C1. The summed E-state index contributed by atoms with van der Waals surface area (Å²) in [5, 5.41) is 0. The molecule has 13 heavy (non-hydrogen) atoms. The van der Waals surface area contributed by atoms with Crippen LogP contribution in [0.1, 0.15) is 19.3 Å². The molecule has 3 nitrogen and oxygen atoms in total. The molecule has 1 unspecified atom stereocenters. The van der Waals surface area contributed by atoms with Crippen LogP contribution in [0, 0.1) is 5.92 Å². The summed E-state index contributed by atoms with van der Waals surface area (Å²) in [4.78, 5) is 16.1. The van der Waals surface area contributed by atoms with Gasteiger partial charge in [-0.3, -0.25) is 4.79 Å². The summed E-state index contributed by atoms with van der Waals surface area (Å²) < 4.78 is 0. The van der Waals surface area contributed by atoms with Crippen molar-refractivity contribution < 1.29 is 4.79 Å². The summed E-state index contributed by atoms with van der Waals surface area (Å²) in [6.45, 7) is 4.12. The van der Waals surface area contributed by atoms with Gasteiger partial charge in [0.15, 0.2) is 0 Å². The van der Waals surface area contributed by atoms with E-state index in [1.54, 1.807) is 0 Å². The molecule has 0 aromatic rings. The van der Waals surface area contributed by atoms with E-state index in [2.05, 4.69) is 11.9 Å². The molecule has 0 N–H and O–H groups in total. The van der Waals surface area contributed by atoms with E-state index in [1.165, 1.54) is 12.8 Å². The van der Waals surface area contributed by atoms with Crippen molar-refractivity contribution in [1.29, 1.82) is 0 Å². The van der Waals surface area contributed by atoms with E-state index in [1.807, 2.05) is 4.90 Å². The van der Waals surface area contributed by atoms with Crippen molar-refractivity contribution >= 4 is 5.91 Å². The number of carbonyl (C=O) groups excluding carboxylic acids is 1. The predicted molar refractivity (Wildman–Crippen MR) is 51.4 cm³/mol. The van der Waals surface area contributed by atoms with Gasteiger partial charge in [0, 0.05) is 19.6 Å². The van der Waals surface area contributed by atoms with E-state index < -0.39 is 0 Å². The zero-order valence-electron chi connectivity index (χ0n) is 8.33. The van der Waals surface area contributed by atoms with Crippen LogP contribution in [0.3, 0.4) is 0 Å². The number of carbonyl (C=O) groups is 1. The first-order valence-corrected chi connectivity index (χ1v) is 5.25. The second-order valence-corrected chi connectivity index (χ2v) is 4.28. The summed E-state index contributed by atoms with van der Waals surface area (Å²) in [5.41, 5.74) is 0. The topological polar surface area (TPSA) is 23.6 Å². The van der Waals surface area contributed by atoms with Gasteiger partial charge in [-0.1, -0.05) is 0 Å². The van der Waals surface area contributed by atoms with Gasteiger partial charge in [-0.25, -0.2) is 0 Å².